The zero-order valence-electron chi connectivity index (χ0n) is 27.7. The Hall–Kier alpha value is -4.66. The van der Waals surface area contributed by atoms with E-state index in [1.165, 1.54) is 42.5 Å². The molecular weight excluding hydrogens is 736 g/mol. The Bertz CT molecular complexity index is 1720. The summed E-state index contributed by atoms with van der Waals surface area (Å²) < 4.78 is 17.2. The Morgan fingerprint density at radius 1 is 0.740 bits per heavy atom. The fourth-order valence-corrected chi connectivity index (χ4v) is 4.60. The third-order valence-electron chi connectivity index (χ3n) is 6.03. The molecule has 0 radical (unpaired) electrons. The fraction of sp³-hybridized carbons (Fsp3) is 0.212. The second-order valence-corrected chi connectivity index (χ2v) is 11.2. The maximum absolute atomic E-state index is 12.5. The van der Waals surface area contributed by atoms with Crippen LogP contribution in [-0.2, 0) is 0 Å². The molecule has 4 aromatic rings. The van der Waals surface area contributed by atoms with Crippen LogP contribution in [0.2, 0.25) is 20.1 Å². The van der Waals surface area contributed by atoms with Gasteiger partial charge in [-0.05, 0) is 55.0 Å². The monoisotopic (exact) mass is 768 g/mol. The first kappa shape index (κ1) is 39.8. The number of ether oxygens (including phenoxy) is 2. The van der Waals surface area contributed by atoms with E-state index in [0.717, 1.165) is 12.5 Å². The molecule has 0 aliphatic heterocycles. The molecule has 0 saturated heterocycles. The predicted molar refractivity (Wildman–Crippen MR) is 197 cm³/mol. The summed E-state index contributed by atoms with van der Waals surface area (Å²) in [6.45, 7) is 5.23. The molecule has 0 aliphatic carbocycles. The zero-order valence-corrected chi connectivity index (χ0v) is 29.7. The maximum atomic E-state index is 12.5. The Balaban J connectivity index is 0.000000328. The first-order chi connectivity index (χ1) is 24.3. The predicted octanol–water partition coefficient (Wildman–Crippen LogP) is 9.46. The van der Waals surface area contributed by atoms with Crippen molar-refractivity contribution >= 4 is 81.0 Å². The second kappa shape index (κ2) is 20.8. The molecule has 0 aromatic heterocycles. The van der Waals surface area contributed by atoms with E-state index >= 15 is 0 Å². The topological polar surface area (TPSA) is 189 Å². The molecule has 13 nitrogen and oxygen atoms in total. The molecule has 0 saturated carbocycles. The third kappa shape index (κ3) is 12.3. The summed E-state index contributed by atoms with van der Waals surface area (Å²) in [5.41, 5.74) is 6.00. The highest BCUT2D eigenvalue weighted by atomic mass is 35.5. The minimum atomic E-state index is -0.576. The molecule has 0 unspecified atom stereocenters. The molecule has 0 atom stereocenters. The number of carbonyl (C=O) groups excluding carboxylic acids is 2. The summed E-state index contributed by atoms with van der Waals surface area (Å²) in [5.74, 6) is -0.267. The number of nitrogens with two attached hydrogens (primary N) is 1. The number of nitrogens with one attached hydrogen (secondary N) is 2. The van der Waals surface area contributed by atoms with Gasteiger partial charge in [-0.3, -0.25) is 29.8 Å². The van der Waals surface area contributed by atoms with E-state index in [9.17, 15) is 29.8 Å². The van der Waals surface area contributed by atoms with E-state index in [0.29, 0.717) is 35.1 Å². The summed E-state index contributed by atoms with van der Waals surface area (Å²) in [5, 5.41) is 27.5. The molecule has 50 heavy (non-hydrogen) atoms. The van der Waals surface area contributed by atoms with Crippen molar-refractivity contribution in [2.24, 2.45) is 5.73 Å². The van der Waals surface area contributed by atoms with Gasteiger partial charge >= 0.3 is 0 Å². The number of nitro groups is 2. The van der Waals surface area contributed by atoms with E-state index in [-0.39, 0.29) is 57.1 Å². The highest BCUT2D eigenvalue weighted by Gasteiger charge is 2.18. The van der Waals surface area contributed by atoms with Gasteiger partial charge in [0.25, 0.3) is 23.2 Å². The minimum absolute atomic E-state index is 0.0454. The van der Waals surface area contributed by atoms with E-state index in [1.54, 1.807) is 31.2 Å². The molecular formula is C33H33Cl4N5O8. The number of amides is 2. The van der Waals surface area contributed by atoms with Gasteiger partial charge in [-0.25, -0.2) is 0 Å². The summed E-state index contributed by atoms with van der Waals surface area (Å²) >= 11 is 23.8. The lowest BCUT2D eigenvalue weighted by Gasteiger charge is -2.12. The molecule has 0 aliphatic rings. The molecule has 266 valence electrons. The molecule has 4 N–H and O–H groups in total. The summed E-state index contributed by atoms with van der Waals surface area (Å²) in [7, 11) is 0. The highest BCUT2D eigenvalue weighted by Crippen LogP contribution is 2.31. The van der Waals surface area contributed by atoms with Crippen molar-refractivity contribution in [2.45, 2.75) is 27.2 Å². The van der Waals surface area contributed by atoms with Crippen LogP contribution >= 0.6 is 46.4 Å². The lowest BCUT2D eigenvalue weighted by Crippen LogP contribution is -2.16. The van der Waals surface area contributed by atoms with Gasteiger partial charge in [-0.2, -0.15) is 0 Å². The third-order valence-corrected chi connectivity index (χ3v) is 7.13. The van der Waals surface area contributed by atoms with Crippen molar-refractivity contribution < 1.29 is 30.3 Å². The number of nitrogens with zero attached hydrogens (tertiary/aromatic N) is 2. The first-order valence-electron chi connectivity index (χ1n) is 15.3. The molecule has 0 heterocycles. The highest BCUT2D eigenvalue weighted by molar-refractivity contribution is 6.35. The van der Waals surface area contributed by atoms with Crippen molar-refractivity contribution in [3.05, 3.63) is 124 Å². The van der Waals surface area contributed by atoms with Crippen LogP contribution in [0.15, 0.2) is 72.8 Å². The van der Waals surface area contributed by atoms with Crippen LogP contribution in [0.25, 0.3) is 0 Å². The summed E-state index contributed by atoms with van der Waals surface area (Å²) in [4.78, 5) is 45.2. The molecule has 17 heteroatoms. The minimum Gasteiger partial charge on any atom is -0.493 e. The lowest BCUT2D eigenvalue weighted by molar-refractivity contribution is -0.385. The Labute approximate surface area is 309 Å². The van der Waals surface area contributed by atoms with Gasteiger partial charge < -0.3 is 25.8 Å². The fourth-order valence-electron chi connectivity index (χ4n) is 3.81. The average molecular weight is 770 g/mol. The number of non-ortho nitro benzene ring substituents is 2. The van der Waals surface area contributed by atoms with E-state index < -0.39 is 21.7 Å². The van der Waals surface area contributed by atoms with Crippen LogP contribution in [0.4, 0.5) is 22.7 Å². The smallest absolute Gasteiger partial charge is 0.271 e. The van der Waals surface area contributed by atoms with E-state index in [2.05, 4.69) is 10.6 Å². The number of hydrogen-bond donors (Lipinski definition) is 3. The standard InChI is InChI=1S/C16H14Cl2N2O4.C15H13Cl2N3O4.C2H6/c1-2-7-24-15-6-3-10(17)8-12(15)16(21)19-14-5-4-11(20(22)23)9-13(14)18;16-9-1-4-14(24-6-5-18)11(7-9)15(21)19-13-3-2-10(20(22)23)8-12(13)17;1-2/h3-6,8-9H,2,7H2,1H3,(H,19,21);1-4,7-8H,5-6,18H2,(H,19,21);1-2H3/i;;1D. The van der Waals surface area contributed by atoms with Crippen LogP contribution < -0.4 is 25.8 Å². The quantitative estimate of drug-likeness (QED) is 0.0931. The summed E-state index contributed by atoms with van der Waals surface area (Å²) in [6, 6.07) is 16.9. The van der Waals surface area contributed by atoms with Crippen LogP contribution in [-0.4, -0.2) is 41.4 Å². The van der Waals surface area contributed by atoms with Gasteiger partial charge in [-0.1, -0.05) is 67.2 Å². The van der Waals surface area contributed by atoms with Crippen LogP contribution in [0.5, 0.6) is 11.5 Å². The summed E-state index contributed by atoms with van der Waals surface area (Å²) in [6.07, 6.45) is 0.790. The molecule has 0 spiro atoms. The van der Waals surface area contributed by atoms with Crippen LogP contribution in [0, 0.1) is 20.2 Å². The van der Waals surface area contributed by atoms with E-state index in [4.69, 9.17) is 63.0 Å². The van der Waals surface area contributed by atoms with Crippen molar-refractivity contribution in [2.75, 3.05) is 30.4 Å². The van der Waals surface area contributed by atoms with E-state index in [1.807, 2.05) is 6.92 Å². The van der Waals surface area contributed by atoms with Gasteiger partial charge in [0.05, 0.1) is 49.0 Å². The van der Waals surface area contributed by atoms with Gasteiger partial charge in [0.1, 0.15) is 18.1 Å². The number of halogens is 4. The molecule has 0 bridgehead atoms. The van der Waals surface area contributed by atoms with Crippen LogP contribution in [0.3, 0.4) is 0 Å². The number of anilines is 2. The number of hydrogen-bond acceptors (Lipinski definition) is 9. The Kier molecular flexibility index (Phi) is 16.5. The molecule has 2 amide bonds. The normalized spacial score (nSPS) is 10.3. The van der Waals surface area contributed by atoms with Crippen molar-refractivity contribution in [1.29, 1.82) is 0 Å². The van der Waals surface area contributed by atoms with Crippen molar-refractivity contribution in [3.63, 3.8) is 0 Å². The Morgan fingerprint density at radius 3 is 1.48 bits per heavy atom. The van der Waals surface area contributed by atoms with Crippen molar-refractivity contribution in [1.82, 2.24) is 0 Å². The van der Waals surface area contributed by atoms with Crippen LogP contribution in [0.1, 0.15) is 49.3 Å². The first-order valence-corrected chi connectivity index (χ1v) is 16.1. The SMILES string of the molecule is CCCOc1ccc(Cl)cc1C(=O)Nc1ccc([N+](=O)[O-])cc1Cl.NCCOc1ccc(Cl)cc1C(=O)Nc1ccc([N+](=O)[O-])cc1Cl.[2H]CC. The van der Waals surface area contributed by atoms with Gasteiger partial charge in [0, 0.05) is 42.2 Å². The number of nitro benzene ring substituents is 2. The number of rotatable bonds is 12. The maximum Gasteiger partial charge on any atom is 0.271 e. The average Bonchev–Trinajstić information content (AvgIpc) is 3.09. The van der Waals surface area contributed by atoms with Crippen molar-refractivity contribution in [3.8, 4) is 11.5 Å². The molecule has 0 fully saturated rings. The lowest BCUT2D eigenvalue weighted by atomic mass is 10.1. The number of benzene rings is 4. The zero-order chi connectivity index (χ0) is 38.1. The molecule has 4 rings (SSSR count). The van der Waals surface area contributed by atoms with Gasteiger partial charge in [-0.15, -0.1) is 0 Å². The molecule has 4 aromatic carbocycles. The van der Waals surface area contributed by atoms with Gasteiger partial charge in [0.2, 0.25) is 0 Å². The Morgan fingerprint density at radius 2 is 1.14 bits per heavy atom. The van der Waals surface area contributed by atoms with Gasteiger partial charge in [0.15, 0.2) is 0 Å². The number of carbonyl (C=O) groups is 2. The second-order valence-electron chi connectivity index (χ2n) is 9.52. The largest absolute Gasteiger partial charge is 0.493 e.